The van der Waals surface area contributed by atoms with Crippen LogP contribution in [0.1, 0.15) is 43.0 Å². The fourth-order valence-electron chi connectivity index (χ4n) is 6.35. The van der Waals surface area contributed by atoms with Crippen molar-refractivity contribution in [3.05, 3.63) is 135 Å². The molecule has 1 aromatic heterocycles. The van der Waals surface area contributed by atoms with Crippen LogP contribution in [0.15, 0.2) is 102 Å². The molecular formula is C39H40N6O4Si. The van der Waals surface area contributed by atoms with Gasteiger partial charge < -0.3 is 30.6 Å². The SMILES string of the molecule is CN(C)c1ccc2c(c1)[Si](C)(C)C1=CC(=[N+](C)C)C=CC1=C2c1cc(C(=O)NCc2ccc(COc3nccc(N)n3)cc2)ccc1C(=O)[O-]. The van der Waals surface area contributed by atoms with E-state index in [0.717, 1.165) is 39.2 Å². The average Bonchev–Trinajstić information content (AvgIpc) is 3.09. The van der Waals surface area contributed by atoms with Crippen LogP contribution < -0.4 is 31.0 Å². The third-order valence-electron chi connectivity index (χ3n) is 9.19. The number of nitrogens with zero attached hydrogens (tertiary/aromatic N) is 4. The number of amides is 1. The van der Waals surface area contributed by atoms with Gasteiger partial charge in [0.05, 0.1) is 5.97 Å². The van der Waals surface area contributed by atoms with Gasteiger partial charge in [-0.05, 0) is 80.2 Å². The number of benzene rings is 3. The minimum Gasteiger partial charge on any atom is -0.545 e. The van der Waals surface area contributed by atoms with Gasteiger partial charge in [-0.15, -0.1) is 0 Å². The highest BCUT2D eigenvalue weighted by Crippen LogP contribution is 2.43. The van der Waals surface area contributed by atoms with Gasteiger partial charge in [0.15, 0.2) is 5.71 Å². The predicted octanol–water partition coefficient (Wildman–Crippen LogP) is 3.48. The summed E-state index contributed by atoms with van der Waals surface area (Å²) in [5.74, 6) is -1.29. The second-order valence-electron chi connectivity index (χ2n) is 13.3. The zero-order chi connectivity index (χ0) is 35.7. The summed E-state index contributed by atoms with van der Waals surface area (Å²) in [5, 5.41) is 18.0. The Kier molecular flexibility index (Phi) is 9.26. The van der Waals surface area contributed by atoms with Crippen molar-refractivity contribution in [2.24, 2.45) is 0 Å². The molecule has 1 aliphatic carbocycles. The zero-order valence-corrected chi connectivity index (χ0v) is 30.1. The third-order valence-corrected chi connectivity index (χ3v) is 12.7. The Morgan fingerprint density at radius 3 is 2.38 bits per heavy atom. The summed E-state index contributed by atoms with van der Waals surface area (Å²) >= 11 is 0. The molecule has 0 spiro atoms. The van der Waals surface area contributed by atoms with Crippen molar-refractivity contribution < 1.29 is 24.0 Å². The van der Waals surface area contributed by atoms with Gasteiger partial charge in [-0.25, -0.2) is 9.56 Å². The summed E-state index contributed by atoms with van der Waals surface area (Å²) in [6, 6.07) is 20.5. The van der Waals surface area contributed by atoms with Crippen molar-refractivity contribution in [3.8, 4) is 6.01 Å². The standard InChI is InChI=1S/C39H40N6O4Si/c1-44(2)27-12-15-30-33(20-27)50(5,6)34-21-28(45(3)4)13-16-31(34)36(30)32-19-26(11-14-29(32)38(47)48)37(46)42-22-24-7-9-25(10-8-24)23-49-39-41-18-17-35(40)43-39/h7-21H,22-23H2,1-6H3,(H3-,40,41,42,43,46,47,48). The Balaban J connectivity index is 1.33. The van der Waals surface area contributed by atoms with Gasteiger partial charge in [0, 0.05) is 55.8 Å². The molecule has 50 heavy (non-hydrogen) atoms. The van der Waals surface area contributed by atoms with Gasteiger partial charge in [-0.3, -0.25) is 4.79 Å². The lowest BCUT2D eigenvalue weighted by atomic mass is 9.86. The summed E-state index contributed by atoms with van der Waals surface area (Å²) in [6.07, 6.45) is 7.90. The quantitative estimate of drug-likeness (QED) is 0.202. The maximum atomic E-state index is 13.6. The monoisotopic (exact) mass is 684 g/mol. The Labute approximate surface area is 293 Å². The highest BCUT2D eigenvalue weighted by molar-refractivity contribution is 6.98. The Hall–Kier alpha value is -5.81. The molecule has 2 heterocycles. The van der Waals surface area contributed by atoms with E-state index in [1.165, 1.54) is 28.7 Å². The molecule has 0 saturated carbocycles. The number of hydrogen-bond donors (Lipinski definition) is 2. The molecule has 254 valence electrons. The molecule has 0 atom stereocenters. The topological polar surface area (TPSA) is 137 Å². The fraction of sp³-hybridized carbons (Fsp3) is 0.205. The molecule has 0 saturated heterocycles. The molecule has 3 aromatic carbocycles. The van der Waals surface area contributed by atoms with Crippen molar-refractivity contribution in [2.45, 2.75) is 26.2 Å². The molecule has 3 N–H and O–H groups in total. The molecule has 0 fully saturated rings. The Morgan fingerprint density at radius 1 is 0.960 bits per heavy atom. The number of carbonyl (C=O) groups is 2. The summed E-state index contributed by atoms with van der Waals surface area (Å²) in [6.45, 7) is 5.20. The van der Waals surface area contributed by atoms with E-state index in [-0.39, 0.29) is 30.6 Å². The van der Waals surface area contributed by atoms with Crippen molar-refractivity contribution in [2.75, 3.05) is 38.8 Å². The highest BCUT2D eigenvalue weighted by Gasteiger charge is 2.41. The Bertz CT molecular complexity index is 2140. The first kappa shape index (κ1) is 34.1. The maximum absolute atomic E-state index is 13.6. The number of nitrogen functional groups attached to an aromatic ring is 1. The second kappa shape index (κ2) is 13.6. The second-order valence-corrected chi connectivity index (χ2v) is 17.7. The molecular weight excluding hydrogens is 645 g/mol. The summed E-state index contributed by atoms with van der Waals surface area (Å²) < 4.78 is 7.70. The number of ether oxygens (including phenoxy) is 1. The number of fused-ring (bicyclic) bond motifs is 2. The zero-order valence-electron chi connectivity index (χ0n) is 29.1. The van der Waals surface area contributed by atoms with Crippen LogP contribution in [0.4, 0.5) is 11.5 Å². The van der Waals surface area contributed by atoms with E-state index in [1.807, 2.05) is 52.5 Å². The summed E-state index contributed by atoms with van der Waals surface area (Å²) in [4.78, 5) is 36.4. The molecule has 6 rings (SSSR count). The molecule has 2 aliphatic rings. The number of nitrogens with two attached hydrogens (primary N) is 1. The molecule has 1 amide bonds. The molecule has 11 heteroatoms. The van der Waals surface area contributed by atoms with Gasteiger partial charge in [0.25, 0.3) is 5.91 Å². The normalized spacial score (nSPS) is 14.4. The third kappa shape index (κ3) is 6.72. The Morgan fingerprint density at radius 2 is 1.70 bits per heavy atom. The first-order valence-electron chi connectivity index (χ1n) is 16.3. The molecule has 4 aromatic rings. The van der Waals surface area contributed by atoms with Crippen LogP contribution >= 0.6 is 0 Å². The lowest BCUT2D eigenvalue weighted by molar-refractivity contribution is -0.462. The largest absolute Gasteiger partial charge is 0.545 e. The fourth-order valence-corrected chi connectivity index (χ4v) is 9.42. The first-order chi connectivity index (χ1) is 23.8. The van der Waals surface area contributed by atoms with Gasteiger partial charge in [0.1, 0.15) is 34.6 Å². The number of nitrogens with one attached hydrogen (secondary N) is 1. The van der Waals surface area contributed by atoms with E-state index in [0.29, 0.717) is 16.9 Å². The summed E-state index contributed by atoms with van der Waals surface area (Å²) in [5.41, 5.74) is 13.2. The van der Waals surface area contributed by atoms with E-state index in [2.05, 4.69) is 74.3 Å². The average molecular weight is 685 g/mol. The number of aromatic nitrogens is 2. The number of carbonyl (C=O) groups excluding carboxylic acids is 2. The van der Waals surface area contributed by atoms with Crippen molar-refractivity contribution in [1.82, 2.24) is 15.3 Å². The minimum atomic E-state index is -2.26. The molecule has 1 aliphatic heterocycles. The molecule has 0 radical (unpaired) electrons. The van der Waals surface area contributed by atoms with Crippen LogP contribution in [0.2, 0.25) is 13.1 Å². The van der Waals surface area contributed by atoms with E-state index >= 15 is 0 Å². The van der Waals surface area contributed by atoms with Crippen LogP contribution in [0.25, 0.3) is 5.57 Å². The van der Waals surface area contributed by atoms with E-state index in [1.54, 1.807) is 12.1 Å². The molecule has 0 unspecified atom stereocenters. The van der Waals surface area contributed by atoms with Crippen LogP contribution in [0, 0.1) is 0 Å². The van der Waals surface area contributed by atoms with Gasteiger partial charge in [-0.2, -0.15) is 4.98 Å². The van der Waals surface area contributed by atoms with E-state index in [9.17, 15) is 14.7 Å². The number of carboxylic acids is 1. The van der Waals surface area contributed by atoms with Crippen molar-refractivity contribution in [1.29, 1.82) is 0 Å². The number of anilines is 2. The van der Waals surface area contributed by atoms with E-state index < -0.39 is 14.0 Å². The first-order valence-corrected chi connectivity index (χ1v) is 19.3. The van der Waals surface area contributed by atoms with Crippen molar-refractivity contribution in [3.63, 3.8) is 0 Å². The highest BCUT2D eigenvalue weighted by atomic mass is 28.3. The lowest BCUT2D eigenvalue weighted by Crippen LogP contribution is -2.50. The minimum absolute atomic E-state index is 0.0320. The van der Waals surface area contributed by atoms with E-state index in [4.69, 9.17) is 10.5 Å². The smallest absolute Gasteiger partial charge is 0.318 e. The van der Waals surface area contributed by atoms with Crippen LogP contribution in [-0.2, 0) is 13.2 Å². The molecule has 10 nitrogen and oxygen atoms in total. The number of hydrogen-bond acceptors (Lipinski definition) is 8. The van der Waals surface area contributed by atoms with Crippen LogP contribution in [0.5, 0.6) is 6.01 Å². The van der Waals surface area contributed by atoms with Crippen LogP contribution in [0.3, 0.4) is 0 Å². The van der Waals surface area contributed by atoms with Gasteiger partial charge in [-0.1, -0.05) is 49.5 Å². The predicted molar refractivity (Wildman–Crippen MR) is 197 cm³/mol. The number of carboxylic acid groups (broad SMARTS) is 1. The maximum Gasteiger partial charge on any atom is 0.318 e. The number of rotatable bonds is 9. The van der Waals surface area contributed by atoms with Gasteiger partial charge in [0.2, 0.25) is 0 Å². The van der Waals surface area contributed by atoms with Crippen LogP contribution in [-0.4, -0.2) is 68.4 Å². The number of allylic oxidation sites excluding steroid dienone is 5. The molecule has 0 bridgehead atoms. The number of aromatic carboxylic acids is 1. The van der Waals surface area contributed by atoms with Crippen molar-refractivity contribution >= 4 is 47.9 Å². The summed E-state index contributed by atoms with van der Waals surface area (Å²) in [7, 11) is 5.80. The lowest BCUT2D eigenvalue weighted by Gasteiger charge is -2.38. The van der Waals surface area contributed by atoms with Gasteiger partial charge >= 0.3 is 6.01 Å².